The standard InChI is InChI=1S/C25H36ClNO3/c1-16(2)21(15-27)24(29)20(19(5)14-26)12-11-17(3)9-8-10-18(4)22-13-23(28)25(6,7)30-22/h10-11,14-15,22,27,29H,8-9,12-13H2,1-7H3/b17-11+,18-10+,19-14+,24-20+,27-15?. The number of ketones is 1. The first-order valence-corrected chi connectivity index (χ1v) is 10.8. The van der Waals surface area contributed by atoms with Crippen molar-refractivity contribution < 1.29 is 14.6 Å². The molecule has 166 valence electrons. The number of carbonyl (C=O) groups excluding carboxylic acids is 1. The number of allylic oxidation sites excluding steroid dienone is 7. The second kappa shape index (κ2) is 11.5. The van der Waals surface area contributed by atoms with Gasteiger partial charge in [-0.1, -0.05) is 34.9 Å². The van der Waals surface area contributed by atoms with Gasteiger partial charge in [-0.05, 0) is 78.9 Å². The molecule has 1 rings (SSSR count). The molecule has 0 saturated carbocycles. The minimum absolute atomic E-state index is 0.102. The molecule has 1 aliphatic rings. The van der Waals surface area contributed by atoms with Gasteiger partial charge in [-0.15, -0.1) is 0 Å². The van der Waals surface area contributed by atoms with E-state index in [1.165, 1.54) is 17.3 Å². The molecular formula is C25H36ClNO3. The van der Waals surface area contributed by atoms with Gasteiger partial charge in [-0.25, -0.2) is 0 Å². The fourth-order valence-electron chi connectivity index (χ4n) is 3.29. The molecule has 30 heavy (non-hydrogen) atoms. The summed E-state index contributed by atoms with van der Waals surface area (Å²) in [7, 11) is 0. The van der Waals surface area contributed by atoms with Crippen molar-refractivity contribution in [3.05, 3.63) is 56.9 Å². The molecule has 0 radical (unpaired) electrons. The molecule has 1 atom stereocenters. The molecule has 1 unspecified atom stereocenters. The highest BCUT2D eigenvalue weighted by atomic mass is 35.5. The van der Waals surface area contributed by atoms with Crippen LogP contribution in [0.4, 0.5) is 0 Å². The second-order valence-electron chi connectivity index (χ2n) is 8.66. The van der Waals surface area contributed by atoms with Crippen molar-refractivity contribution in [2.24, 2.45) is 0 Å². The molecule has 5 heteroatoms. The third-order valence-corrected chi connectivity index (χ3v) is 5.84. The minimum atomic E-state index is -0.686. The normalized spacial score (nSPS) is 20.9. The first kappa shape index (κ1) is 26.1. The van der Waals surface area contributed by atoms with E-state index in [1.54, 1.807) is 0 Å². The Morgan fingerprint density at radius 2 is 1.87 bits per heavy atom. The summed E-state index contributed by atoms with van der Waals surface area (Å²) in [5.74, 6) is 0.253. The summed E-state index contributed by atoms with van der Waals surface area (Å²) in [6.45, 7) is 13.3. The van der Waals surface area contributed by atoms with Crippen LogP contribution in [0.5, 0.6) is 0 Å². The lowest BCUT2D eigenvalue weighted by molar-refractivity contribution is -0.129. The quantitative estimate of drug-likeness (QED) is 0.176. The molecule has 1 saturated heterocycles. The number of hydrogen-bond acceptors (Lipinski definition) is 4. The summed E-state index contributed by atoms with van der Waals surface area (Å²) in [6, 6.07) is 0. The number of hydrogen-bond donors (Lipinski definition) is 2. The SMILES string of the molecule is CC(C)=C(C=N)/C(O)=C(C/C=C(\C)CC/C=C(\C)C1CC(=O)C(C)(C)O1)\C(C)=C\Cl. The van der Waals surface area contributed by atoms with Crippen LogP contribution in [0.1, 0.15) is 74.1 Å². The first-order valence-electron chi connectivity index (χ1n) is 10.4. The van der Waals surface area contributed by atoms with Gasteiger partial charge < -0.3 is 15.3 Å². The number of Topliss-reactive ketones (excluding diaryl/α,β-unsaturated/α-hetero) is 1. The summed E-state index contributed by atoms with van der Waals surface area (Å²) in [4.78, 5) is 12.0. The van der Waals surface area contributed by atoms with Gasteiger partial charge in [-0.2, -0.15) is 0 Å². The largest absolute Gasteiger partial charge is 0.507 e. The van der Waals surface area contributed by atoms with Crippen LogP contribution in [0.15, 0.2) is 56.9 Å². The van der Waals surface area contributed by atoms with Crippen LogP contribution in [0.2, 0.25) is 0 Å². The van der Waals surface area contributed by atoms with E-state index < -0.39 is 5.60 Å². The van der Waals surface area contributed by atoms with Gasteiger partial charge in [0.15, 0.2) is 5.78 Å². The Hall–Kier alpha value is -1.91. The Bertz CT molecular complexity index is 821. The first-order chi connectivity index (χ1) is 13.9. The minimum Gasteiger partial charge on any atom is -0.507 e. The Labute approximate surface area is 186 Å². The second-order valence-corrected chi connectivity index (χ2v) is 8.88. The molecule has 0 bridgehead atoms. The zero-order chi connectivity index (χ0) is 23.1. The van der Waals surface area contributed by atoms with E-state index >= 15 is 0 Å². The maximum atomic E-state index is 12.0. The Morgan fingerprint density at radius 1 is 1.23 bits per heavy atom. The van der Waals surface area contributed by atoms with Crippen LogP contribution in [0.3, 0.4) is 0 Å². The number of aliphatic hydroxyl groups is 1. The van der Waals surface area contributed by atoms with E-state index in [-0.39, 0.29) is 17.6 Å². The molecule has 0 aliphatic carbocycles. The molecule has 1 heterocycles. The van der Waals surface area contributed by atoms with E-state index in [1.807, 2.05) is 41.5 Å². The maximum Gasteiger partial charge on any atom is 0.167 e. The molecule has 1 fully saturated rings. The van der Waals surface area contributed by atoms with Crippen molar-refractivity contribution in [3.8, 4) is 0 Å². The molecule has 0 spiro atoms. The Morgan fingerprint density at radius 3 is 2.33 bits per heavy atom. The number of nitrogens with one attached hydrogen (secondary N) is 1. The van der Waals surface area contributed by atoms with Crippen molar-refractivity contribution in [3.63, 3.8) is 0 Å². The molecular weight excluding hydrogens is 398 g/mol. The molecule has 0 amide bonds. The van der Waals surface area contributed by atoms with Gasteiger partial charge in [-0.3, -0.25) is 4.79 Å². The molecule has 4 nitrogen and oxygen atoms in total. The van der Waals surface area contributed by atoms with E-state index in [0.29, 0.717) is 18.4 Å². The van der Waals surface area contributed by atoms with Gasteiger partial charge in [0, 0.05) is 29.3 Å². The fraction of sp³-hybridized carbons (Fsp3) is 0.520. The van der Waals surface area contributed by atoms with Crippen LogP contribution in [0.25, 0.3) is 0 Å². The van der Waals surface area contributed by atoms with Crippen LogP contribution in [0, 0.1) is 5.41 Å². The summed E-state index contributed by atoms with van der Waals surface area (Å²) in [5, 5.41) is 18.3. The average Bonchev–Trinajstić information content (AvgIpc) is 2.94. The van der Waals surface area contributed by atoms with E-state index in [9.17, 15) is 9.90 Å². The molecule has 0 aromatic carbocycles. The van der Waals surface area contributed by atoms with Crippen LogP contribution >= 0.6 is 11.6 Å². The molecule has 1 aliphatic heterocycles. The number of halogens is 1. The third kappa shape index (κ3) is 7.10. The van der Waals surface area contributed by atoms with E-state index in [0.717, 1.165) is 35.1 Å². The predicted octanol–water partition coefficient (Wildman–Crippen LogP) is 7.13. The molecule has 0 aromatic rings. The van der Waals surface area contributed by atoms with Crippen molar-refractivity contribution in [1.29, 1.82) is 5.41 Å². The Balaban J connectivity index is 2.84. The van der Waals surface area contributed by atoms with Crippen LogP contribution in [-0.4, -0.2) is 28.8 Å². The van der Waals surface area contributed by atoms with Crippen molar-refractivity contribution in [2.75, 3.05) is 0 Å². The van der Waals surface area contributed by atoms with E-state index in [2.05, 4.69) is 19.1 Å². The highest BCUT2D eigenvalue weighted by molar-refractivity contribution is 6.25. The lowest BCUT2D eigenvalue weighted by Gasteiger charge is -2.18. The van der Waals surface area contributed by atoms with E-state index in [4.69, 9.17) is 21.7 Å². The monoisotopic (exact) mass is 433 g/mol. The van der Waals surface area contributed by atoms with Crippen molar-refractivity contribution >= 4 is 23.6 Å². The topological polar surface area (TPSA) is 70.4 Å². The summed E-state index contributed by atoms with van der Waals surface area (Å²) >= 11 is 5.90. The van der Waals surface area contributed by atoms with Crippen molar-refractivity contribution in [1.82, 2.24) is 0 Å². The zero-order valence-corrected chi connectivity index (χ0v) is 20.1. The van der Waals surface area contributed by atoms with Crippen LogP contribution < -0.4 is 0 Å². The maximum absolute atomic E-state index is 12.0. The van der Waals surface area contributed by atoms with Gasteiger partial charge >= 0.3 is 0 Å². The van der Waals surface area contributed by atoms with Gasteiger partial charge in [0.05, 0.1) is 6.10 Å². The summed E-state index contributed by atoms with van der Waals surface area (Å²) in [6.07, 6.45) is 8.00. The molecule has 2 N–H and O–H groups in total. The Kier molecular flexibility index (Phi) is 9.99. The third-order valence-electron chi connectivity index (χ3n) is 5.51. The van der Waals surface area contributed by atoms with Gasteiger partial charge in [0.25, 0.3) is 0 Å². The predicted molar refractivity (Wildman–Crippen MR) is 126 cm³/mol. The highest BCUT2D eigenvalue weighted by Crippen LogP contribution is 2.30. The lowest BCUT2D eigenvalue weighted by Crippen LogP contribution is -2.27. The van der Waals surface area contributed by atoms with Gasteiger partial charge in [0.2, 0.25) is 0 Å². The number of carbonyl (C=O) groups is 1. The molecule has 0 aromatic heterocycles. The highest BCUT2D eigenvalue weighted by Gasteiger charge is 2.40. The lowest BCUT2D eigenvalue weighted by atomic mass is 9.96. The summed E-state index contributed by atoms with van der Waals surface area (Å²) in [5.41, 5.74) is 5.95. The number of ether oxygens (including phenoxy) is 1. The number of aliphatic hydroxyl groups excluding tert-OH is 1. The fourth-order valence-corrected chi connectivity index (χ4v) is 3.42. The van der Waals surface area contributed by atoms with Crippen LogP contribution in [-0.2, 0) is 9.53 Å². The zero-order valence-electron chi connectivity index (χ0n) is 19.4. The van der Waals surface area contributed by atoms with Crippen molar-refractivity contribution in [2.45, 2.75) is 85.9 Å². The van der Waals surface area contributed by atoms with Gasteiger partial charge in [0.1, 0.15) is 11.4 Å². The average molecular weight is 434 g/mol. The smallest absolute Gasteiger partial charge is 0.167 e. The number of rotatable bonds is 9. The summed E-state index contributed by atoms with van der Waals surface area (Å²) < 4.78 is 5.87.